The lowest BCUT2D eigenvalue weighted by Gasteiger charge is -2.37. The molecule has 1 saturated heterocycles. The number of amides is 2. The number of hydrogen-bond donors (Lipinski definition) is 2. The first-order valence-corrected chi connectivity index (χ1v) is 10.4. The molecule has 0 aromatic heterocycles. The van der Waals surface area contributed by atoms with Gasteiger partial charge in [-0.1, -0.05) is 18.2 Å². The van der Waals surface area contributed by atoms with E-state index in [9.17, 15) is 9.59 Å². The monoisotopic (exact) mass is 386 g/mol. The number of nitrogens with one attached hydrogen (secondary N) is 2. The predicted molar refractivity (Wildman–Crippen MR) is 106 cm³/mol. The van der Waals surface area contributed by atoms with E-state index in [1.807, 2.05) is 31.2 Å². The van der Waals surface area contributed by atoms with Gasteiger partial charge in [0.15, 0.2) is 0 Å². The Hall–Kier alpha value is -2.12. The zero-order valence-corrected chi connectivity index (χ0v) is 16.5. The zero-order valence-electron chi connectivity index (χ0n) is 16.5. The van der Waals surface area contributed by atoms with Crippen LogP contribution in [0.2, 0.25) is 0 Å². The van der Waals surface area contributed by atoms with Crippen molar-refractivity contribution in [2.24, 2.45) is 0 Å². The lowest BCUT2D eigenvalue weighted by molar-refractivity contribution is -0.128. The predicted octanol–water partition coefficient (Wildman–Crippen LogP) is 0.911. The summed E-state index contributed by atoms with van der Waals surface area (Å²) in [7, 11) is 0. The summed E-state index contributed by atoms with van der Waals surface area (Å²) in [5.74, 6) is 1.05. The molecule has 2 fully saturated rings. The highest BCUT2D eigenvalue weighted by molar-refractivity contribution is 5.82. The first kappa shape index (κ1) is 19.2. The number of fused-ring (bicyclic) bond motifs is 1. The summed E-state index contributed by atoms with van der Waals surface area (Å²) >= 11 is 0. The van der Waals surface area contributed by atoms with E-state index in [1.54, 1.807) is 0 Å². The van der Waals surface area contributed by atoms with Crippen molar-refractivity contribution in [1.82, 2.24) is 20.4 Å². The van der Waals surface area contributed by atoms with E-state index < -0.39 is 0 Å². The van der Waals surface area contributed by atoms with Gasteiger partial charge in [0.1, 0.15) is 5.75 Å². The summed E-state index contributed by atoms with van der Waals surface area (Å²) in [4.78, 5) is 29.2. The summed E-state index contributed by atoms with van der Waals surface area (Å²) < 4.78 is 5.67. The molecule has 7 nitrogen and oxygen atoms in total. The molecule has 2 atom stereocenters. The van der Waals surface area contributed by atoms with Gasteiger partial charge in [0.2, 0.25) is 11.8 Å². The van der Waals surface area contributed by atoms with Crippen molar-refractivity contribution in [2.45, 2.75) is 44.3 Å². The maximum atomic E-state index is 12.6. The van der Waals surface area contributed by atoms with E-state index in [1.165, 1.54) is 0 Å². The fourth-order valence-corrected chi connectivity index (χ4v) is 3.96. The fraction of sp³-hybridized carbons (Fsp3) is 0.619. The standard InChI is InChI=1S/C21H30N4O3/c1-15(21(27)22-16-6-7-16)25-11-9-24(10-12-25)14-20(26)23-18-8-13-28-19-5-3-2-4-17(18)19/h2-5,15-16,18H,6-14H2,1H3,(H,22,27)(H,23,26)/t15-,18+/m0/s1. The van der Waals surface area contributed by atoms with Crippen molar-refractivity contribution in [3.8, 4) is 5.75 Å². The van der Waals surface area contributed by atoms with Gasteiger partial charge in [0, 0.05) is 44.2 Å². The highest BCUT2D eigenvalue weighted by Crippen LogP contribution is 2.31. The number of carbonyl (C=O) groups is 2. The van der Waals surface area contributed by atoms with Gasteiger partial charge in [-0.25, -0.2) is 0 Å². The highest BCUT2D eigenvalue weighted by atomic mass is 16.5. The molecule has 0 bridgehead atoms. The minimum atomic E-state index is -0.102. The van der Waals surface area contributed by atoms with Gasteiger partial charge in [0.05, 0.1) is 25.2 Å². The van der Waals surface area contributed by atoms with Gasteiger partial charge in [-0.15, -0.1) is 0 Å². The second kappa shape index (κ2) is 8.49. The molecule has 7 heteroatoms. The van der Waals surface area contributed by atoms with Crippen molar-refractivity contribution in [1.29, 1.82) is 0 Å². The van der Waals surface area contributed by atoms with Crippen molar-refractivity contribution in [3.05, 3.63) is 29.8 Å². The van der Waals surface area contributed by atoms with Gasteiger partial charge in [-0.05, 0) is 25.8 Å². The number of rotatable bonds is 6. The molecule has 152 valence electrons. The molecule has 2 N–H and O–H groups in total. The Labute approximate surface area is 166 Å². The number of piperazine rings is 1. The second-order valence-electron chi connectivity index (χ2n) is 8.07. The summed E-state index contributed by atoms with van der Waals surface area (Å²) in [6.07, 6.45) is 3.02. The molecule has 1 aliphatic carbocycles. The van der Waals surface area contributed by atoms with Crippen LogP contribution in [-0.4, -0.2) is 73.0 Å². The smallest absolute Gasteiger partial charge is 0.237 e. The van der Waals surface area contributed by atoms with Crippen LogP contribution in [0.4, 0.5) is 0 Å². The summed E-state index contributed by atoms with van der Waals surface area (Å²) in [5.41, 5.74) is 1.06. The zero-order chi connectivity index (χ0) is 19.5. The second-order valence-corrected chi connectivity index (χ2v) is 8.07. The maximum absolute atomic E-state index is 12.6. The minimum absolute atomic E-state index is 0.0184. The summed E-state index contributed by atoms with van der Waals surface area (Å²) in [6.45, 7) is 6.23. The molecule has 0 spiro atoms. The Balaban J connectivity index is 1.23. The normalized spacial score (nSPS) is 24.0. The Morgan fingerprint density at radius 1 is 1.11 bits per heavy atom. The van der Waals surface area contributed by atoms with E-state index in [-0.39, 0.29) is 23.9 Å². The highest BCUT2D eigenvalue weighted by Gasteiger charge is 2.30. The topological polar surface area (TPSA) is 73.9 Å². The molecule has 2 aliphatic heterocycles. The van der Waals surface area contributed by atoms with Gasteiger partial charge in [-0.3, -0.25) is 19.4 Å². The first-order valence-electron chi connectivity index (χ1n) is 10.4. The van der Waals surface area contributed by atoms with Crippen molar-refractivity contribution in [2.75, 3.05) is 39.3 Å². The third-order valence-corrected chi connectivity index (χ3v) is 5.92. The number of hydrogen-bond acceptors (Lipinski definition) is 5. The van der Waals surface area contributed by atoms with Gasteiger partial charge < -0.3 is 15.4 Å². The molecule has 3 aliphatic rings. The van der Waals surface area contributed by atoms with Crippen molar-refractivity contribution >= 4 is 11.8 Å². The molecule has 0 unspecified atom stereocenters. The lowest BCUT2D eigenvalue weighted by atomic mass is 10.0. The van der Waals surface area contributed by atoms with Crippen LogP contribution in [0.25, 0.3) is 0 Å². The van der Waals surface area contributed by atoms with Crippen LogP contribution < -0.4 is 15.4 Å². The number of para-hydroxylation sites is 1. The largest absolute Gasteiger partial charge is 0.493 e. The third kappa shape index (κ3) is 4.64. The van der Waals surface area contributed by atoms with Crippen LogP contribution >= 0.6 is 0 Å². The Morgan fingerprint density at radius 2 is 1.86 bits per heavy atom. The Kier molecular flexibility index (Phi) is 5.82. The van der Waals surface area contributed by atoms with Crippen LogP contribution in [-0.2, 0) is 9.59 Å². The van der Waals surface area contributed by atoms with Crippen LogP contribution in [0, 0.1) is 0 Å². The van der Waals surface area contributed by atoms with E-state index in [0.717, 1.165) is 56.8 Å². The molecular formula is C21H30N4O3. The Morgan fingerprint density at radius 3 is 2.61 bits per heavy atom. The fourth-order valence-electron chi connectivity index (χ4n) is 3.96. The third-order valence-electron chi connectivity index (χ3n) is 5.92. The van der Waals surface area contributed by atoms with E-state index in [0.29, 0.717) is 19.2 Å². The minimum Gasteiger partial charge on any atom is -0.493 e. The number of carbonyl (C=O) groups excluding carboxylic acids is 2. The molecule has 28 heavy (non-hydrogen) atoms. The van der Waals surface area contributed by atoms with Crippen LogP contribution in [0.5, 0.6) is 5.75 Å². The summed E-state index contributed by atoms with van der Waals surface area (Å²) in [6, 6.07) is 8.22. The van der Waals surface area contributed by atoms with Crippen molar-refractivity contribution in [3.63, 3.8) is 0 Å². The molecule has 1 aromatic rings. The molecule has 2 amide bonds. The summed E-state index contributed by atoms with van der Waals surface area (Å²) in [5, 5.41) is 6.24. The average molecular weight is 386 g/mol. The SMILES string of the molecule is C[C@@H](C(=O)NC1CC1)N1CCN(CC(=O)N[C@@H]2CCOc3ccccc32)CC1. The molecule has 1 aromatic carbocycles. The van der Waals surface area contributed by atoms with Crippen LogP contribution in [0.1, 0.15) is 37.8 Å². The molecule has 4 rings (SSSR count). The molecule has 0 radical (unpaired) electrons. The Bertz CT molecular complexity index is 713. The first-order chi connectivity index (χ1) is 13.6. The van der Waals surface area contributed by atoms with Crippen LogP contribution in [0.3, 0.4) is 0 Å². The van der Waals surface area contributed by atoms with E-state index in [2.05, 4.69) is 20.4 Å². The van der Waals surface area contributed by atoms with Gasteiger partial charge in [-0.2, -0.15) is 0 Å². The quantitative estimate of drug-likeness (QED) is 0.760. The number of nitrogens with zero attached hydrogens (tertiary/aromatic N) is 2. The van der Waals surface area contributed by atoms with Crippen molar-refractivity contribution < 1.29 is 14.3 Å². The lowest BCUT2D eigenvalue weighted by Crippen LogP contribution is -2.55. The van der Waals surface area contributed by atoms with Crippen LogP contribution in [0.15, 0.2) is 24.3 Å². The number of benzene rings is 1. The molecule has 1 saturated carbocycles. The molecular weight excluding hydrogens is 356 g/mol. The van der Waals surface area contributed by atoms with Gasteiger partial charge in [0.25, 0.3) is 0 Å². The maximum Gasteiger partial charge on any atom is 0.237 e. The van der Waals surface area contributed by atoms with E-state index >= 15 is 0 Å². The van der Waals surface area contributed by atoms with Gasteiger partial charge >= 0.3 is 0 Å². The van der Waals surface area contributed by atoms with E-state index in [4.69, 9.17) is 4.74 Å². The number of ether oxygens (including phenoxy) is 1. The average Bonchev–Trinajstić information content (AvgIpc) is 3.52. The molecule has 2 heterocycles.